The van der Waals surface area contributed by atoms with Crippen molar-refractivity contribution in [2.75, 3.05) is 26.0 Å². The van der Waals surface area contributed by atoms with Crippen LogP contribution in [0.15, 0.2) is 30.3 Å². The minimum absolute atomic E-state index is 0.196. The molecule has 0 amide bonds. The summed E-state index contributed by atoms with van der Waals surface area (Å²) in [5.74, 6) is 0.334. The highest BCUT2D eigenvalue weighted by molar-refractivity contribution is 7.88. The number of halogens is 1. The van der Waals surface area contributed by atoms with E-state index in [0.29, 0.717) is 22.4 Å². The highest BCUT2D eigenvalue weighted by atomic mass is 35.5. The second-order valence-electron chi connectivity index (χ2n) is 7.51. The average Bonchev–Trinajstić information content (AvgIpc) is 3.15. The van der Waals surface area contributed by atoms with Crippen molar-refractivity contribution in [3.05, 3.63) is 45.8 Å². The third kappa shape index (κ3) is 7.27. The van der Waals surface area contributed by atoms with Crippen LogP contribution in [0.3, 0.4) is 0 Å². The van der Waals surface area contributed by atoms with Crippen LogP contribution in [-0.2, 0) is 20.2 Å². The summed E-state index contributed by atoms with van der Waals surface area (Å²) in [5.41, 5.74) is 0.719. The first-order valence-corrected chi connectivity index (χ1v) is 12.7. The molecule has 0 aliphatic heterocycles. The van der Waals surface area contributed by atoms with Gasteiger partial charge in [0, 0.05) is 10.3 Å². The molecule has 0 atom stereocenters. The number of thiophene rings is 1. The first-order chi connectivity index (χ1) is 14.0. The Kier molecular flexibility index (Phi) is 8.73. The van der Waals surface area contributed by atoms with E-state index in [1.54, 1.807) is 0 Å². The Balaban J connectivity index is 2.02. The predicted molar refractivity (Wildman–Crippen MR) is 122 cm³/mol. The van der Waals surface area contributed by atoms with Crippen molar-refractivity contribution in [1.82, 2.24) is 4.72 Å². The molecule has 1 heterocycles. The van der Waals surface area contributed by atoms with Crippen LogP contribution in [0.1, 0.15) is 44.1 Å². The maximum absolute atomic E-state index is 11.8. The molecular formula is C21H28ClNO5S2. The first kappa shape index (κ1) is 24.7. The molecule has 166 valence electrons. The molecule has 0 radical (unpaired) electrons. The smallest absolute Gasteiger partial charge is 0.209 e. The van der Waals surface area contributed by atoms with Gasteiger partial charge in [-0.15, -0.1) is 11.3 Å². The number of nitrogens with one attached hydrogen (secondary N) is 1. The van der Waals surface area contributed by atoms with Crippen LogP contribution < -0.4 is 14.2 Å². The van der Waals surface area contributed by atoms with Crippen molar-refractivity contribution < 1.29 is 22.7 Å². The van der Waals surface area contributed by atoms with Crippen molar-refractivity contribution in [2.45, 2.75) is 39.0 Å². The van der Waals surface area contributed by atoms with Gasteiger partial charge in [-0.2, -0.15) is 0 Å². The zero-order valence-electron chi connectivity index (χ0n) is 17.7. The van der Waals surface area contributed by atoms with Crippen molar-refractivity contribution in [3.8, 4) is 10.8 Å². The van der Waals surface area contributed by atoms with Gasteiger partial charge in [0.05, 0.1) is 24.4 Å². The molecule has 0 saturated carbocycles. The van der Waals surface area contributed by atoms with Crippen LogP contribution in [0, 0.1) is 0 Å². The minimum atomic E-state index is -3.41. The van der Waals surface area contributed by atoms with Gasteiger partial charge in [0.2, 0.25) is 10.0 Å². The fraction of sp³-hybridized carbons (Fsp3) is 0.476. The molecule has 2 rings (SSSR count). The minimum Gasteiger partial charge on any atom is -0.492 e. The number of hydrogen-bond donors (Lipinski definition) is 1. The number of unbranched alkanes of at least 4 members (excludes halogenated alkanes) is 1. The number of ketones is 1. The molecule has 0 bridgehead atoms. The number of hydrogen-bond acceptors (Lipinski definition) is 6. The van der Waals surface area contributed by atoms with Gasteiger partial charge < -0.3 is 9.47 Å². The summed E-state index contributed by atoms with van der Waals surface area (Å²) >= 11 is 7.86. The molecule has 1 N–H and O–H groups in total. The number of ether oxygens (including phenoxy) is 2. The third-order valence-electron chi connectivity index (χ3n) is 4.51. The molecule has 1 aromatic heterocycles. The van der Waals surface area contributed by atoms with Crippen LogP contribution in [0.4, 0.5) is 0 Å². The van der Waals surface area contributed by atoms with E-state index in [1.807, 2.05) is 30.3 Å². The molecule has 2 aromatic rings. The van der Waals surface area contributed by atoms with E-state index in [1.165, 1.54) is 11.3 Å². The largest absolute Gasteiger partial charge is 0.492 e. The molecule has 0 saturated heterocycles. The molecule has 0 spiro atoms. The monoisotopic (exact) mass is 473 g/mol. The summed E-state index contributed by atoms with van der Waals surface area (Å²) in [6, 6.07) is 9.59. The summed E-state index contributed by atoms with van der Waals surface area (Å²) in [6.07, 6.45) is 3.05. The lowest BCUT2D eigenvalue weighted by Crippen LogP contribution is -2.31. The van der Waals surface area contributed by atoms with E-state index in [0.717, 1.165) is 29.5 Å². The van der Waals surface area contributed by atoms with Crippen LogP contribution >= 0.6 is 22.9 Å². The van der Waals surface area contributed by atoms with E-state index in [-0.39, 0.29) is 24.3 Å². The number of benzene rings is 1. The van der Waals surface area contributed by atoms with Gasteiger partial charge in [-0.1, -0.05) is 44.9 Å². The molecule has 0 aliphatic rings. The zero-order chi connectivity index (χ0) is 22.4. The Morgan fingerprint density at radius 3 is 2.57 bits per heavy atom. The van der Waals surface area contributed by atoms with E-state index < -0.39 is 10.0 Å². The molecule has 0 fully saturated rings. The predicted octanol–water partition coefficient (Wildman–Crippen LogP) is 4.40. The molecule has 9 heteroatoms. The second kappa shape index (κ2) is 10.6. The Labute approximate surface area is 187 Å². The normalized spacial score (nSPS) is 12.0. The van der Waals surface area contributed by atoms with Crippen LogP contribution in [0.2, 0.25) is 5.02 Å². The topological polar surface area (TPSA) is 81.7 Å². The molecule has 6 nitrogen and oxygen atoms in total. The lowest BCUT2D eigenvalue weighted by atomic mass is 9.83. The molecule has 30 heavy (non-hydrogen) atoms. The summed E-state index contributed by atoms with van der Waals surface area (Å²) in [5, 5.41) is 1.17. The van der Waals surface area contributed by atoms with Crippen molar-refractivity contribution in [3.63, 3.8) is 0 Å². The SMILES string of the molecule is CCCCOc1ccc(C(C)(C)c2ccc(OCC(=O)CNS(C)(=O)=O)s2)cc1Cl. The standard InChI is InChI=1S/C21H28ClNO5S2/c1-5-6-11-27-18-8-7-15(12-17(18)22)21(2,3)19-9-10-20(29-19)28-14-16(24)13-23-30(4,25)26/h7-10,12,23H,5-6,11,13-14H2,1-4H3. The van der Waals surface area contributed by atoms with Gasteiger partial charge in [0.25, 0.3) is 0 Å². The maximum atomic E-state index is 11.8. The Morgan fingerprint density at radius 1 is 1.20 bits per heavy atom. The van der Waals surface area contributed by atoms with Crippen LogP contribution in [-0.4, -0.2) is 40.2 Å². The fourth-order valence-corrected chi connectivity index (χ4v) is 4.26. The number of rotatable bonds is 12. The summed E-state index contributed by atoms with van der Waals surface area (Å²) in [7, 11) is -3.41. The van der Waals surface area contributed by atoms with Gasteiger partial charge in [-0.25, -0.2) is 13.1 Å². The third-order valence-corrected chi connectivity index (χ3v) is 6.80. The number of sulfonamides is 1. The first-order valence-electron chi connectivity index (χ1n) is 9.65. The zero-order valence-corrected chi connectivity index (χ0v) is 20.0. The highest BCUT2D eigenvalue weighted by Crippen LogP contribution is 2.40. The van der Waals surface area contributed by atoms with Crippen molar-refractivity contribution in [1.29, 1.82) is 0 Å². The maximum Gasteiger partial charge on any atom is 0.209 e. The summed E-state index contributed by atoms with van der Waals surface area (Å²) in [4.78, 5) is 12.8. The average molecular weight is 474 g/mol. The lowest BCUT2D eigenvalue weighted by molar-refractivity contribution is -0.119. The molecule has 0 unspecified atom stereocenters. The summed E-state index contributed by atoms with van der Waals surface area (Å²) < 4.78 is 35.5. The van der Waals surface area contributed by atoms with Crippen LogP contribution in [0.25, 0.3) is 0 Å². The van der Waals surface area contributed by atoms with E-state index in [2.05, 4.69) is 25.5 Å². The van der Waals surface area contributed by atoms with Gasteiger partial charge in [0.15, 0.2) is 10.8 Å². The molecular weight excluding hydrogens is 446 g/mol. The van der Waals surface area contributed by atoms with E-state index >= 15 is 0 Å². The number of carbonyl (C=O) groups excluding carboxylic acids is 1. The highest BCUT2D eigenvalue weighted by Gasteiger charge is 2.26. The Bertz CT molecular complexity index is 970. The van der Waals surface area contributed by atoms with E-state index in [4.69, 9.17) is 21.1 Å². The number of carbonyl (C=O) groups is 1. The Hall–Kier alpha value is -1.61. The molecule has 1 aromatic carbocycles. The van der Waals surface area contributed by atoms with E-state index in [9.17, 15) is 13.2 Å². The lowest BCUT2D eigenvalue weighted by Gasteiger charge is -2.24. The second-order valence-corrected chi connectivity index (χ2v) is 10.8. The summed E-state index contributed by atoms with van der Waals surface area (Å²) in [6.45, 7) is 6.45. The quantitative estimate of drug-likeness (QED) is 0.462. The van der Waals surface area contributed by atoms with Crippen molar-refractivity contribution in [2.24, 2.45) is 0 Å². The number of Topliss-reactive ketones (excluding diaryl/α,β-unsaturated/α-hetero) is 1. The Morgan fingerprint density at radius 2 is 1.93 bits per heavy atom. The van der Waals surface area contributed by atoms with Gasteiger partial charge in [0.1, 0.15) is 12.4 Å². The van der Waals surface area contributed by atoms with Gasteiger partial charge in [-0.05, 0) is 36.2 Å². The van der Waals surface area contributed by atoms with Gasteiger partial charge in [-0.3, -0.25) is 4.79 Å². The van der Waals surface area contributed by atoms with Crippen LogP contribution in [0.5, 0.6) is 10.8 Å². The van der Waals surface area contributed by atoms with Gasteiger partial charge >= 0.3 is 0 Å². The fourth-order valence-electron chi connectivity index (χ4n) is 2.62. The molecule has 0 aliphatic carbocycles. The van der Waals surface area contributed by atoms with Crippen molar-refractivity contribution >= 4 is 38.7 Å².